The van der Waals surface area contributed by atoms with Gasteiger partial charge in [-0.25, -0.2) is 19.7 Å². The van der Waals surface area contributed by atoms with Crippen molar-refractivity contribution in [3.05, 3.63) is 40.4 Å². The highest BCUT2D eigenvalue weighted by molar-refractivity contribution is 9.10. The Morgan fingerprint density at radius 3 is 2.91 bits per heavy atom. The Hall–Kier alpha value is -2.79. The fourth-order valence-corrected chi connectivity index (χ4v) is 4.13. The molecule has 3 rings (SSSR count). The number of anilines is 2. The molecule has 4 N–H and O–H groups in total. The van der Waals surface area contributed by atoms with Crippen LogP contribution in [0.25, 0.3) is 0 Å². The Morgan fingerprint density at radius 1 is 1.29 bits per heavy atom. The number of hydrogen-bond donors (Lipinski definition) is 4. The smallest absolute Gasteiger partial charge is 0.326 e. The van der Waals surface area contributed by atoms with Crippen molar-refractivity contribution in [1.29, 1.82) is 0 Å². The van der Waals surface area contributed by atoms with Crippen LogP contribution in [0, 0.1) is 0 Å². The molecule has 0 bridgehead atoms. The highest BCUT2D eigenvalue weighted by Crippen LogP contribution is 2.21. The molecular formula is C23H32BrN7O3. The van der Waals surface area contributed by atoms with Gasteiger partial charge in [0.2, 0.25) is 5.91 Å². The standard InChI is InChI=1S/C23H32BrN7O3/c1-16(32)28-15-31(12-9-20(23(33)34)30-22-19(24)13-25-14-27-22)11-3-2-6-18-8-7-17-5-4-10-26-21(17)29-18/h7-8,13-14,20H,2-6,9-12,15H2,1H3,(H,26,29)(H,28,32)(H,33,34)(H,25,27,30). The van der Waals surface area contributed by atoms with E-state index in [2.05, 4.69) is 58.9 Å². The number of nitrogens with one attached hydrogen (secondary N) is 3. The highest BCUT2D eigenvalue weighted by atomic mass is 79.9. The van der Waals surface area contributed by atoms with Crippen molar-refractivity contribution in [3.8, 4) is 0 Å². The number of aryl methyl sites for hydroxylation is 2. The molecule has 11 heteroatoms. The molecule has 0 fully saturated rings. The number of pyridine rings is 1. The molecule has 1 atom stereocenters. The number of carbonyl (C=O) groups excluding carboxylic acids is 1. The number of carboxylic acid groups (broad SMARTS) is 1. The van der Waals surface area contributed by atoms with Gasteiger partial charge >= 0.3 is 5.97 Å². The third kappa shape index (κ3) is 8.21. The lowest BCUT2D eigenvalue weighted by molar-refractivity contribution is -0.138. The van der Waals surface area contributed by atoms with E-state index in [0.717, 1.165) is 56.7 Å². The number of carbonyl (C=O) groups is 2. The van der Waals surface area contributed by atoms with E-state index in [0.29, 0.717) is 29.9 Å². The topological polar surface area (TPSA) is 132 Å². The van der Waals surface area contributed by atoms with Crippen molar-refractivity contribution in [2.45, 2.75) is 51.5 Å². The minimum Gasteiger partial charge on any atom is -0.480 e. The maximum Gasteiger partial charge on any atom is 0.326 e. The van der Waals surface area contributed by atoms with Crippen LogP contribution in [-0.4, -0.2) is 69.2 Å². The van der Waals surface area contributed by atoms with Gasteiger partial charge in [-0.05, 0) is 72.6 Å². The van der Waals surface area contributed by atoms with Gasteiger partial charge in [-0.1, -0.05) is 6.07 Å². The molecule has 184 valence electrons. The SMILES string of the molecule is CC(=O)NCN(CCCCc1ccc2c(n1)NCCC2)CCC(Nc1ncncc1Br)C(=O)O. The molecule has 2 aromatic heterocycles. The Balaban J connectivity index is 1.50. The fraction of sp³-hybridized carbons (Fsp3) is 0.522. The van der Waals surface area contributed by atoms with E-state index in [1.54, 1.807) is 6.20 Å². The van der Waals surface area contributed by atoms with Crippen LogP contribution in [0.4, 0.5) is 11.6 Å². The van der Waals surface area contributed by atoms with Crippen LogP contribution in [0.15, 0.2) is 29.1 Å². The van der Waals surface area contributed by atoms with E-state index < -0.39 is 12.0 Å². The second-order valence-electron chi connectivity index (χ2n) is 8.35. The van der Waals surface area contributed by atoms with Crippen LogP contribution in [0.1, 0.15) is 43.9 Å². The quantitative estimate of drug-likeness (QED) is 0.226. The van der Waals surface area contributed by atoms with Gasteiger partial charge in [-0.15, -0.1) is 0 Å². The average Bonchev–Trinajstić information content (AvgIpc) is 2.82. The summed E-state index contributed by atoms with van der Waals surface area (Å²) in [5, 5.41) is 18.8. The summed E-state index contributed by atoms with van der Waals surface area (Å²) in [4.78, 5) is 38.0. The van der Waals surface area contributed by atoms with Gasteiger partial charge in [0, 0.05) is 31.9 Å². The number of unbranched alkanes of at least 4 members (excludes halogenated alkanes) is 1. The predicted molar refractivity (Wildman–Crippen MR) is 134 cm³/mol. The molecular weight excluding hydrogens is 502 g/mol. The Labute approximate surface area is 208 Å². The summed E-state index contributed by atoms with van der Waals surface area (Å²) in [5.74, 6) is 0.368. The number of carboxylic acids is 1. The molecule has 1 aliphatic rings. The zero-order valence-corrected chi connectivity index (χ0v) is 21.0. The van der Waals surface area contributed by atoms with Gasteiger partial charge < -0.3 is 21.1 Å². The van der Waals surface area contributed by atoms with Crippen molar-refractivity contribution in [3.63, 3.8) is 0 Å². The van der Waals surface area contributed by atoms with E-state index in [1.165, 1.54) is 18.8 Å². The van der Waals surface area contributed by atoms with Gasteiger partial charge in [0.1, 0.15) is 24.0 Å². The first kappa shape index (κ1) is 25.8. The fourth-order valence-electron chi connectivity index (χ4n) is 3.80. The number of aliphatic carboxylic acids is 1. The van der Waals surface area contributed by atoms with E-state index in [1.807, 2.05) is 0 Å². The summed E-state index contributed by atoms with van der Waals surface area (Å²) in [7, 11) is 0. The zero-order chi connectivity index (χ0) is 24.3. The molecule has 2 aromatic rings. The summed E-state index contributed by atoms with van der Waals surface area (Å²) in [6.45, 7) is 4.07. The van der Waals surface area contributed by atoms with Crippen molar-refractivity contribution in [1.82, 2.24) is 25.2 Å². The van der Waals surface area contributed by atoms with Gasteiger partial charge in [0.15, 0.2) is 0 Å². The molecule has 34 heavy (non-hydrogen) atoms. The van der Waals surface area contributed by atoms with Crippen LogP contribution in [0.5, 0.6) is 0 Å². The maximum atomic E-state index is 11.8. The van der Waals surface area contributed by atoms with Gasteiger partial charge in [-0.3, -0.25) is 9.69 Å². The van der Waals surface area contributed by atoms with Gasteiger partial charge in [-0.2, -0.15) is 0 Å². The third-order valence-corrected chi connectivity index (χ3v) is 6.25. The van der Waals surface area contributed by atoms with Crippen molar-refractivity contribution >= 4 is 39.4 Å². The summed E-state index contributed by atoms with van der Waals surface area (Å²) in [5.41, 5.74) is 2.36. The molecule has 3 heterocycles. The molecule has 0 saturated carbocycles. The second kappa shape index (κ2) is 13.2. The molecule has 0 aliphatic carbocycles. The lowest BCUT2D eigenvalue weighted by Crippen LogP contribution is -2.41. The van der Waals surface area contributed by atoms with Crippen molar-refractivity contribution in [2.24, 2.45) is 0 Å². The Kier molecular flexibility index (Phi) is 10.0. The molecule has 10 nitrogen and oxygen atoms in total. The van der Waals surface area contributed by atoms with Gasteiger partial charge in [0.25, 0.3) is 0 Å². The van der Waals surface area contributed by atoms with Crippen LogP contribution < -0.4 is 16.0 Å². The van der Waals surface area contributed by atoms with Crippen molar-refractivity contribution in [2.75, 3.05) is 36.9 Å². The van der Waals surface area contributed by atoms with Crippen molar-refractivity contribution < 1.29 is 14.7 Å². The molecule has 0 aromatic carbocycles. The average molecular weight is 534 g/mol. The van der Waals surface area contributed by atoms with Crippen LogP contribution in [0.3, 0.4) is 0 Å². The largest absolute Gasteiger partial charge is 0.480 e. The number of nitrogens with zero attached hydrogens (tertiary/aromatic N) is 4. The van der Waals surface area contributed by atoms with E-state index in [4.69, 9.17) is 4.98 Å². The molecule has 0 radical (unpaired) electrons. The number of halogens is 1. The number of aromatic nitrogens is 3. The molecule has 1 aliphatic heterocycles. The summed E-state index contributed by atoms with van der Waals surface area (Å²) in [6, 6.07) is 3.45. The number of hydrogen-bond acceptors (Lipinski definition) is 8. The number of fused-ring (bicyclic) bond motifs is 1. The molecule has 0 saturated heterocycles. The number of amides is 1. The van der Waals surface area contributed by atoms with E-state index in [9.17, 15) is 14.7 Å². The number of rotatable bonds is 13. The lowest BCUT2D eigenvalue weighted by atomic mass is 10.1. The Morgan fingerprint density at radius 2 is 2.15 bits per heavy atom. The first-order chi connectivity index (χ1) is 16.4. The highest BCUT2D eigenvalue weighted by Gasteiger charge is 2.20. The van der Waals surface area contributed by atoms with Crippen LogP contribution in [0.2, 0.25) is 0 Å². The summed E-state index contributed by atoms with van der Waals surface area (Å²) < 4.78 is 0.599. The minimum absolute atomic E-state index is 0.117. The first-order valence-electron chi connectivity index (χ1n) is 11.6. The minimum atomic E-state index is -0.961. The lowest BCUT2D eigenvalue weighted by Gasteiger charge is -2.24. The summed E-state index contributed by atoms with van der Waals surface area (Å²) in [6.07, 6.45) is 8.24. The predicted octanol–water partition coefficient (Wildman–Crippen LogP) is 2.67. The molecule has 1 unspecified atom stereocenters. The molecule has 1 amide bonds. The summed E-state index contributed by atoms with van der Waals surface area (Å²) >= 11 is 3.33. The normalized spacial score (nSPS) is 13.6. The molecule has 0 spiro atoms. The van der Waals surface area contributed by atoms with Crippen LogP contribution in [-0.2, 0) is 22.4 Å². The second-order valence-corrected chi connectivity index (χ2v) is 9.20. The zero-order valence-electron chi connectivity index (χ0n) is 19.4. The third-order valence-electron chi connectivity index (χ3n) is 5.67. The monoisotopic (exact) mass is 533 g/mol. The first-order valence-corrected chi connectivity index (χ1v) is 12.4. The van der Waals surface area contributed by atoms with E-state index >= 15 is 0 Å². The van der Waals surface area contributed by atoms with Gasteiger partial charge in [0.05, 0.1) is 11.1 Å². The Bertz CT molecular complexity index is 975. The van der Waals surface area contributed by atoms with Crippen LogP contribution >= 0.6 is 15.9 Å². The van der Waals surface area contributed by atoms with E-state index in [-0.39, 0.29) is 5.91 Å². The maximum absolute atomic E-state index is 11.8.